The van der Waals surface area contributed by atoms with Crippen LogP contribution in [0.15, 0.2) is 0 Å². The standard InChI is InChI=1S/C15H28N2O5S/c1-11-9-16(10-12(2)21-11)23(19,20)17-8-6-7-13(17)14(18)22-15(3,4)5/h11-13H,6-10H2,1-5H3/t11-,12+,13-/m1/s1. The highest BCUT2D eigenvalue weighted by Gasteiger charge is 2.44. The van der Waals surface area contributed by atoms with Crippen LogP contribution in [0.2, 0.25) is 0 Å². The minimum absolute atomic E-state index is 0.156. The van der Waals surface area contributed by atoms with Gasteiger partial charge in [0.25, 0.3) is 10.2 Å². The normalized spacial score (nSPS) is 31.3. The highest BCUT2D eigenvalue weighted by atomic mass is 32.2. The van der Waals surface area contributed by atoms with E-state index >= 15 is 0 Å². The van der Waals surface area contributed by atoms with E-state index in [0.717, 1.165) is 0 Å². The number of ether oxygens (including phenoxy) is 2. The molecular weight excluding hydrogens is 320 g/mol. The number of nitrogens with zero attached hydrogens (tertiary/aromatic N) is 2. The lowest BCUT2D eigenvalue weighted by Crippen LogP contribution is -2.55. The number of carbonyl (C=O) groups is 1. The van der Waals surface area contributed by atoms with Gasteiger partial charge in [-0.2, -0.15) is 17.0 Å². The fourth-order valence-corrected chi connectivity index (χ4v) is 5.06. The van der Waals surface area contributed by atoms with Crippen molar-refractivity contribution in [1.82, 2.24) is 8.61 Å². The van der Waals surface area contributed by atoms with Crippen molar-refractivity contribution in [2.24, 2.45) is 0 Å². The first-order valence-electron chi connectivity index (χ1n) is 8.16. The molecule has 0 aromatic heterocycles. The molecule has 23 heavy (non-hydrogen) atoms. The maximum Gasteiger partial charge on any atom is 0.325 e. The summed E-state index contributed by atoms with van der Waals surface area (Å²) in [6, 6.07) is -0.729. The maximum atomic E-state index is 12.9. The van der Waals surface area contributed by atoms with Crippen LogP contribution in [0.1, 0.15) is 47.5 Å². The number of carbonyl (C=O) groups excluding carboxylic acids is 1. The van der Waals surface area contributed by atoms with E-state index in [-0.39, 0.29) is 12.2 Å². The first-order chi connectivity index (χ1) is 10.5. The van der Waals surface area contributed by atoms with Crippen LogP contribution in [0.25, 0.3) is 0 Å². The van der Waals surface area contributed by atoms with E-state index in [1.165, 1.54) is 8.61 Å². The zero-order chi connectivity index (χ0) is 17.4. The van der Waals surface area contributed by atoms with E-state index in [9.17, 15) is 13.2 Å². The van der Waals surface area contributed by atoms with Gasteiger partial charge in [-0.3, -0.25) is 4.79 Å². The Labute approximate surface area is 139 Å². The summed E-state index contributed by atoms with van der Waals surface area (Å²) in [5, 5.41) is 0. The Hall–Kier alpha value is -0.700. The fourth-order valence-electron chi connectivity index (χ4n) is 3.09. The predicted octanol–water partition coefficient (Wildman–Crippen LogP) is 1.15. The van der Waals surface area contributed by atoms with Gasteiger partial charge < -0.3 is 9.47 Å². The van der Waals surface area contributed by atoms with Gasteiger partial charge in [0.15, 0.2) is 0 Å². The number of rotatable bonds is 3. The maximum absolute atomic E-state index is 12.9. The number of esters is 1. The predicted molar refractivity (Wildman–Crippen MR) is 86.1 cm³/mol. The molecule has 0 bridgehead atoms. The first kappa shape index (κ1) is 18.6. The van der Waals surface area contributed by atoms with E-state index in [1.807, 2.05) is 13.8 Å². The minimum atomic E-state index is -3.69. The van der Waals surface area contributed by atoms with Gasteiger partial charge in [-0.05, 0) is 47.5 Å². The third kappa shape index (κ3) is 4.43. The lowest BCUT2D eigenvalue weighted by Gasteiger charge is -2.37. The minimum Gasteiger partial charge on any atom is -0.459 e. The fraction of sp³-hybridized carbons (Fsp3) is 0.933. The Morgan fingerprint density at radius 2 is 1.74 bits per heavy atom. The van der Waals surface area contributed by atoms with Crippen LogP contribution in [0, 0.1) is 0 Å². The Morgan fingerprint density at radius 1 is 1.17 bits per heavy atom. The highest BCUT2D eigenvalue weighted by molar-refractivity contribution is 7.86. The number of hydrogen-bond acceptors (Lipinski definition) is 5. The average molecular weight is 348 g/mol. The van der Waals surface area contributed by atoms with Crippen LogP contribution in [-0.4, -0.2) is 66.5 Å². The van der Waals surface area contributed by atoms with Crippen LogP contribution < -0.4 is 0 Å². The Balaban J connectivity index is 2.16. The molecule has 0 amide bonds. The van der Waals surface area contributed by atoms with Gasteiger partial charge in [-0.25, -0.2) is 0 Å². The molecule has 0 radical (unpaired) electrons. The van der Waals surface area contributed by atoms with Crippen molar-refractivity contribution in [3.8, 4) is 0 Å². The van der Waals surface area contributed by atoms with Gasteiger partial charge in [-0.15, -0.1) is 0 Å². The zero-order valence-electron chi connectivity index (χ0n) is 14.6. The molecule has 0 N–H and O–H groups in total. The van der Waals surface area contributed by atoms with Crippen LogP contribution in [-0.2, 0) is 24.5 Å². The summed E-state index contributed by atoms with van der Waals surface area (Å²) in [5.74, 6) is -0.465. The largest absolute Gasteiger partial charge is 0.459 e. The summed E-state index contributed by atoms with van der Waals surface area (Å²) >= 11 is 0. The van der Waals surface area contributed by atoms with Crippen molar-refractivity contribution in [1.29, 1.82) is 0 Å². The molecule has 0 aromatic rings. The molecular formula is C15H28N2O5S. The molecule has 3 atom stereocenters. The van der Waals surface area contributed by atoms with Crippen LogP contribution >= 0.6 is 0 Å². The van der Waals surface area contributed by atoms with Gasteiger partial charge >= 0.3 is 5.97 Å². The lowest BCUT2D eigenvalue weighted by atomic mass is 10.2. The number of morpholine rings is 1. The van der Waals surface area contributed by atoms with Gasteiger partial charge in [0.1, 0.15) is 11.6 Å². The van der Waals surface area contributed by atoms with Crippen molar-refractivity contribution in [3.63, 3.8) is 0 Å². The second-order valence-electron chi connectivity index (χ2n) is 7.38. The molecule has 0 aliphatic carbocycles. The van der Waals surface area contributed by atoms with Crippen LogP contribution in [0.3, 0.4) is 0 Å². The molecule has 2 fully saturated rings. The Bertz CT molecular complexity index is 533. The number of hydrogen-bond donors (Lipinski definition) is 0. The molecule has 2 heterocycles. The molecule has 7 nitrogen and oxygen atoms in total. The topological polar surface area (TPSA) is 76.2 Å². The van der Waals surface area contributed by atoms with Crippen molar-refractivity contribution < 1.29 is 22.7 Å². The summed E-state index contributed by atoms with van der Waals surface area (Å²) in [4.78, 5) is 12.4. The van der Waals surface area contributed by atoms with Crippen LogP contribution in [0.4, 0.5) is 0 Å². The van der Waals surface area contributed by atoms with Gasteiger partial charge in [0, 0.05) is 19.6 Å². The summed E-state index contributed by atoms with van der Waals surface area (Å²) in [7, 11) is -3.69. The van der Waals surface area contributed by atoms with Gasteiger partial charge in [0.05, 0.1) is 12.2 Å². The monoisotopic (exact) mass is 348 g/mol. The van der Waals surface area contributed by atoms with E-state index < -0.39 is 27.8 Å². The Morgan fingerprint density at radius 3 is 2.26 bits per heavy atom. The zero-order valence-corrected chi connectivity index (χ0v) is 15.4. The van der Waals surface area contributed by atoms with Gasteiger partial charge in [0.2, 0.25) is 0 Å². The molecule has 0 spiro atoms. The molecule has 134 valence electrons. The molecule has 0 saturated carbocycles. The smallest absolute Gasteiger partial charge is 0.325 e. The summed E-state index contributed by atoms with van der Waals surface area (Å²) in [6.45, 7) is 10.0. The van der Waals surface area contributed by atoms with E-state index in [0.29, 0.717) is 32.5 Å². The molecule has 8 heteroatoms. The van der Waals surface area contributed by atoms with Crippen molar-refractivity contribution >= 4 is 16.2 Å². The SMILES string of the molecule is C[C@@H]1CN(S(=O)(=O)N2CCC[C@@H]2C(=O)OC(C)(C)C)C[C@H](C)O1. The van der Waals surface area contributed by atoms with Gasteiger partial charge in [-0.1, -0.05) is 0 Å². The second kappa shape index (κ2) is 6.66. The van der Waals surface area contributed by atoms with Crippen molar-refractivity contribution in [2.45, 2.75) is 71.3 Å². The van der Waals surface area contributed by atoms with E-state index in [1.54, 1.807) is 20.8 Å². The van der Waals surface area contributed by atoms with Crippen molar-refractivity contribution in [3.05, 3.63) is 0 Å². The third-order valence-electron chi connectivity index (χ3n) is 3.89. The first-order valence-corrected chi connectivity index (χ1v) is 9.55. The van der Waals surface area contributed by atoms with Crippen molar-refractivity contribution in [2.75, 3.05) is 19.6 Å². The molecule has 0 unspecified atom stereocenters. The average Bonchev–Trinajstić information content (AvgIpc) is 2.85. The van der Waals surface area contributed by atoms with E-state index in [4.69, 9.17) is 9.47 Å². The molecule has 2 rings (SSSR count). The molecule has 2 aliphatic heterocycles. The summed E-state index contributed by atoms with van der Waals surface area (Å²) < 4.78 is 39.6. The molecule has 0 aromatic carbocycles. The molecule has 2 aliphatic rings. The second-order valence-corrected chi connectivity index (χ2v) is 9.27. The summed E-state index contributed by atoms with van der Waals surface area (Å²) in [6.07, 6.45) is 0.856. The quantitative estimate of drug-likeness (QED) is 0.715. The highest BCUT2D eigenvalue weighted by Crippen LogP contribution is 2.27. The third-order valence-corrected chi connectivity index (χ3v) is 5.87. The Kier molecular flexibility index (Phi) is 5.40. The molecule has 2 saturated heterocycles. The summed E-state index contributed by atoms with van der Waals surface area (Å²) in [5.41, 5.74) is -0.628. The lowest BCUT2D eigenvalue weighted by molar-refractivity contribution is -0.158. The van der Waals surface area contributed by atoms with E-state index in [2.05, 4.69) is 0 Å². The van der Waals surface area contributed by atoms with Crippen LogP contribution in [0.5, 0.6) is 0 Å².